The molecule has 0 fully saturated rings. The zero-order chi connectivity index (χ0) is 18.7. The van der Waals surface area contributed by atoms with E-state index in [4.69, 9.17) is 22.1 Å². The van der Waals surface area contributed by atoms with E-state index in [1.54, 1.807) is 6.92 Å². The Morgan fingerprint density at radius 2 is 2.04 bits per heavy atom. The molecular weight excluding hydrogens is 358 g/mol. The fraction of sp³-hybridized carbons (Fsp3) is 0.200. The van der Waals surface area contributed by atoms with Crippen LogP contribution in [0.5, 0.6) is 5.75 Å². The van der Waals surface area contributed by atoms with E-state index in [2.05, 4.69) is 22.5 Å². The lowest BCUT2D eigenvalue weighted by atomic mass is 10.2. The summed E-state index contributed by atoms with van der Waals surface area (Å²) in [5.41, 5.74) is 5.58. The molecule has 5 N–H and O–H groups in total. The minimum Gasteiger partial charge on any atom is -0.487 e. The van der Waals surface area contributed by atoms with Crippen LogP contribution in [0.25, 0.3) is 0 Å². The third-order valence-corrected chi connectivity index (χ3v) is 3.53. The zero-order valence-electron chi connectivity index (χ0n) is 13.1. The Hall–Kier alpha value is -2.81. The highest BCUT2D eigenvalue weighted by Crippen LogP contribution is 2.30. The van der Waals surface area contributed by atoms with Gasteiger partial charge in [0.1, 0.15) is 23.1 Å². The molecule has 0 unspecified atom stereocenters. The molecule has 1 aromatic rings. The number of amides is 3. The van der Waals surface area contributed by atoms with Crippen LogP contribution in [0, 0.1) is 11.6 Å². The first-order valence-electron chi connectivity index (χ1n) is 7.05. The van der Waals surface area contributed by atoms with Gasteiger partial charge in [-0.25, -0.2) is 13.6 Å². The largest absolute Gasteiger partial charge is 0.487 e. The number of nitrogens with two attached hydrogens (primary N) is 1. The normalized spacial score (nSPS) is 15.4. The van der Waals surface area contributed by atoms with Gasteiger partial charge in [0.2, 0.25) is 0 Å². The first-order chi connectivity index (χ1) is 11.7. The molecule has 2 rings (SSSR count). The van der Waals surface area contributed by atoms with Crippen molar-refractivity contribution in [1.82, 2.24) is 16.0 Å². The van der Waals surface area contributed by atoms with E-state index in [-0.39, 0.29) is 23.7 Å². The van der Waals surface area contributed by atoms with Crippen molar-refractivity contribution >= 4 is 23.5 Å². The molecule has 1 aliphatic heterocycles. The van der Waals surface area contributed by atoms with Crippen LogP contribution >= 0.6 is 11.6 Å². The predicted octanol–water partition coefficient (Wildman–Crippen LogP) is 1.50. The predicted molar refractivity (Wildman–Crippen MR) is 86.5 cm³/mol. The highest BCUT2D eigenvalue weighted by molar-refractivity contribution is 6.32. The van der Waals surface area contributed by atoms with Gasteiger partial charge in [0.15, 0.2) is 11.6 Å². The number of carbonyl (C=O) groups excluding carboxylic acids is 2. The van der Waals surface area contributed by atoms with Gasteiger partial charge in [0.05, 0.1) is 17.4 Å². The fourth-order valence-corrected chi connectivity index (χ4v) is 2.14. The second-order valence-corrected chi connectivity index (χ2v) is 5.58. The van der Waals surface area contributed by atoms with E-state index in [1.165, 1.54) is 0 Å². The summed E-state index contributed by atoms with van der Waals surface area (Å²) in [5.74, 6) is -2.80. The molecule has 0 spiro atoms. The molecule has 1 aliphatic rings. The summed E-state index contributed by atoms with van der Waals surface area (Å²) in [7, 11) is 0. The number of urea groups is 1. The van der Waals surface area contributed by atoms with E-state index >= 15 is 0 Å². The maximum absolute atomic E-state index is 13.6. The topological polar surface area (TPSA) is 105 Å². The number of rotatable bonds is 5. The van der Waals surface area contributed by atoms with Crippen molar-refractivity contribution in [2.75, 3.05) is 6.61 Å². The molecule has 1 heterocycles. The molecule has 0 aromatic heterocycles. The summed E-state index contributed by atoms with van der Waals surface area (Å²) in [5, 5.41) is 6.58. The summed E-state index contributed by atoms with van der Waals surface area (Å²) in [6.07, 6.45) is 0. The third-order valence-electron chi connectivity index (χ3n) is 3.18. The molecule has 0 aliphatic carbocycles. The lowest BCUT2D eigenvalue weighted by Gasteiger charge is -2.22. The van der Waals surface area contributed by atoms with Crippen molar-refractivity contribution in [2.45, 2.75) is 13.0 Å². The van der Waals surface area contributed by atoms with Gasteiger partial charge in [-0.1, -0.05) is 18.2 Å². The van der Waals surface area contributed by atoms with Crippen LogP contribution in [0.15, 0.2) is 35.8 Å². The number of carbonyl (C=O) groups is 2. The van der Waals surface area contributed by atoms with E-state index in [0.717, 1.165) is 12.1 Å². The van der Waals surface area contributed by atoms with Crippen molar-refractivity contribution in [1.29, 1.82) is 0 Å². The van der Waals surface area contributed by atoms with Gasteiger partial charge >= 0.3 is 6.03 Å². The first kappa shape index (κ1) is 18.5. The number of hydrogen-bond donors (Lipinski definition) is 4. The Bertz CT molecular complexity index is 782. The Balaban J connectivity index is 2.01. The van der Waals surface area contributed by atoms with E-state index in [9.17, 15) is 18.4 Å². The Labute approximate surface area is 146 Å². The van der Waals surface area contributed by atoms with Crippen LogP contribution in [0.4, 0.5) is 13.6 Å². The smallest absolute Gasteiger partial charge is 0.323 e. The molecule has 0 saturated heterocycles. The molecule has 0 bridgehead atoms. The lowest BCUT2D eigenvalue weighted by Crippen LogP contribution is -2.49. The molecule has 134 valence electrons. The minimum absolute atomic E-state index is 0.0237. The molecule has 7 nitrogen and oxygen atoms in total. The monoisotopic (exact) mass is 372 g/mol. The van der Waals surface area contributed by atoms with E-state index < -0.39 is 40.4 Å². The maximum Gasteiger partial charge on any atom is 0.323 e. The van der Waals surface area contributed by atoms with Crippen LogP contribution in [0.2, 0.25) is 5.02 Å². The summed E-state index contributed by atoms with van der Waals surface area (Å²) < 4.78 is 32.1. The quantitative estimate of drug-likeness (QED) is 0.588. The van der Waals surface area contributed by atoms with Crippen molar-refractivity contribution in [3.05, 3.63) is 52.5 Å². The number of hydrogen-bond acceptors (Lipinski definition) is 4. The van der Waals surface area contributed by atoms with Crippen molar-refractivity contribution in [3.8, 4) is 5.75 Å². The third kappa shape index (κ3) is 4.18. The summed E-state index contributed by atoms with van der Waals surface area (Å²) in [4.78, 5) is 23.5. The molecule has 0 radical (unpaired) electrons. The van der Waals surface area contributed by atoms with Crippen LogP contribution in [-0.4, -0.2) is 24.6 Å². The van der Waals surface area contributed by atoms with Gasteiger partial charge in [-0.05, 0) is 19.1 Å². The van der Waals surface area contributed by atoms with Crippen LogP contribution < -0.4 is 26.4 Å². The standard InChI is InChI=1S/C15H15ClF2N4O3/c1-6(5-25-13-9(18)4-3-8(17)10(13)16)20-14(23)12-11(19)7(2)21-15(24)22-12/h3-4,6H,2,5,19H2,1H3,(H,20,23)(H2,21,22,24)/t6-/m1/s1. The van der Waals surface area contributed by atoms with Gasteiger partial charge in [-0.2, -0.15) is 0 Å². The zero-order valence-corrected chi connectivity index (χ0v) is 13.8. The fourth-order valence-electron chi connectivity index (χ4n) is 1.93. The van der Waals surface area contributed by atoms with Gasteiger partial charge in [0, 0.05) is 0 Å². The van der Waals surface area contributed by atoms with Gasteiger partial charge < -0.3 is 26.4 Å². The lowest BCUT2D eigenvalue weighted by molar-refractivity contribution is -0.118. The Kier molecular flexibility index (Phi) is 5.48. The number of halogens is 3. The second kappa shape index (κ2) is 7.39. The molecule has 0 saturated carbocycles. The minimum atomic E-state index is -0.834. The molecule has 1 aromatic carbocycles. The van der Waals surface area contributed by atoms with Crippen LogP contribution in [0.3, 0.4) is 0 Å². The van der Waals surface area contributed by atoms with Crippen LogP contribution in [-0.2, 0) is 4.79 Å². The molecule has 1 atom stereocenters. The summed E-state index contributed by atoms with van der Waals surface area (Å²) >= 11 is 5.65. The molecule has 25 heavy (non-hydrogen) atoms. The molecular formula is C15H15ClF2N4O3. The summed E-state index contributed by atoms with van der Waals surface area (Å²) in [6, 6.07) is 0.465. The second-order valence-electron chi connectivity index (χ2n) is 5.20. The molecule has 3 amide bonds. The average Bonchev–Trinajstić information content (AvgIpc) is 2.54. The first-order valence-corrected chi connectivity index (χ1v) is 7.42. The highest BCUT2D eigenvalue weighted by atomic mass is 35.5. The van der Waals surface area contributed by atoms with Crippen LogP contribution in [0.1, 0.15) is 6.92 Å². The molecule has 10 heteroatoms. The van der Waals surface area contributed by atoms with E-state index in [0.29, 0.717) is 0 Å². The highest BCUT2D eigenvalue weighted by Gasteiger charge is 2.25. The SMILES string of the molecule is C=C1NC(=O)NC(C(=O)N[C@H](C)COc2c(F)ccc(F)c2Cl)=C1N. The number of ether oxygens (including phenoxy) is 1. The van der Waals surface area contributed by atoms with Gasteiger partial charge in [-0.15, -0.1) is 0 Å². The van der Waals surface area contributed by atoms with Crippen molar-refractivity contribution < 1.29 is 23.1 Å². The number of nitrogens with one attached hydrogen (secondary N) is 3. The van der Waals surface area contributed by atoms with Crippen molar-refractivity contribution in [2.24, 2.45) is 5.73 Å². The summed E-state index contributed by atoms with van der Waals surface area (Å²) in [6.45, 7) is 4.86. The maximum atomic E-state index is 13.6. The number of benzene rings is 1. The van der Waals surface area contributed by atoms with E-state index in [1.807, 2.05) is 0 Å². The van der Waals surface area contributed by atoms with Gasteiger partial charge in [-0.3, -0.25) is 4.79 Å². The average molecular weight is 373 g/mol. The Morgan fingerprint density at radius 1 is 1.40 bits per heavy atom. The Morgan fingerprint density at radius 3 is 2.72 bits per heavy atom. The van der Waals surface area contributed by atoms with Crippen molar-refractivity contribution in [3.63, 3.8) is 0 Å². The van der Waals surface area contributed by atoms with Gasteiger partial charge in [0.25, 0.3) is 5.91 Å².